The summed E-state index contributed by atoms with van der Waals surface area (Å²) in [6.07, 6.45) is -3.65. The van der Waals surface area contributed by atoms with E-state index in [0.717, 1.165) is 29.0 Å². The Morgan fingerprint density at radius 3 is 2.33 bits per heavy atom. The SMILES string of the molecule is CCc1cc(Oc2ccc(C)cc2OC)nc(SCc2ccc(C(F)(F)F)cc2)n1. The first-order chi connectivity index (χ1) is 14.3. The molecule has 0 spiro atoms. The van der Waals surface area contributed by atoms with Crippen molar-refractivity contribution in [1.29, 1.82) is 0 Å². The number of aromatic nitrogens is 2. The molecule has 0 N–H and O–H groups in total. The summed E-state index contributed by atoms with van der Waals surface area (Å²) in [4.78, 5) is 8.92. The summed E-state index contributed by atoms with van der Waals surface area (Å²) in [5, 5.41) is 0.496. The molecule has 0 amide bonds. The van der Waals surface area contributed by atoms with Gasteiger partial charge in [0, 0.05) is 17.5 Å². The molecular weight excluding hydrogens is 413 g/mol. The molecule has 1 aromatic heterocycles. The van der Waals surface area contributed by atoms with Crippen molar-refractivity contribution < 1.29 is 22.6 Å². The lowest BCUT2D eigenvalue weighted by Crippen LogP contribution is -2.04. The van der Waals surface area contributed by atoms with E-state index in [1.807, 2.05) is 32.0 Å². The zero-order valence-electron chi connectivity index (χ0n) is 16.8. The Hall–Kier alpha value is -2.74. The number of methoxy groups -OCH3 is 1. The minimum absolute atomic E-state index is 0.388. The van der Waals surface area contributed by atoms with Crippen molar-refractivity contribution in [2.45, 2.75) is 37.4 Å². The van der Waals surface area contributed by atoms with Crippen molar-refractivity contribution >= 4 is 11.8 Å². The van der Waals surface area contributed by atoms with Crippen molar-refractivity contribution in [2.75, 3.05) is 7.11 Å². The van der Waals surface area contributed by atoms with E-state index in [1.54, 1.807) is 13.2 Å². The first kappa shape index (κ1) is 22.0. The van der Waals surface area contributed by atoms with Gasteiger partial charge in [-0.15, -0.1) is 0 Å². The van der Waals surface area contributed by atoms with Crippen molar-refractivity contribution in [3.8, 4) is 17.4 Å². The van der Waals surface area contributed by atoms with E-state index >= 15 is 0 Å². The Bertz CT molecular complexity index is 1010. The smallest absolute Gasteiger partial charge is 0.416 e. The van der Waals surface area contributed by atoms with Crippen LogP contribution in [0.5, 0.6) is 17.4 Å². The summed E-state index contributed by atoms with van der Waals surface area (Å²) in [5.41, 5.74) is 1.94. The predicted molar refractivity (Wildman–Crippen MR) is 110 cm³/mol. The minimum atomic E-state index is -4.34. The van der Waals surface area contributed by atoms with Crippen LogP contribution in [0.3, 0.4) is 0 Å². The average Bonchev–Trinajstić information content (AvgIpc) is 2.73. The summed E-state index contributed by atoms with van der Waals surface area (Å²) in [6.45, 7) is 3.94. The molecule has 0 saturated carbocycles. The molecule has 3 aromatic rings. The number of halogens is 3. The van der Waals surface area contributed by atoms with E-state index in [2.05, 4.69) is 9.97 Å². The average molecular weight is 434 g/mol. The molecule has 1 heterocycles. The second-order valence-corrected chi connectivity index (χ2v) is 7.52. The fourth-order valence-corrected chi connectivity index (χ4v) is 3.48. The maximum atomic E-state index is 12.7. The third-order valence-corrected chi connectivity index (χ3v) is 5.20. The van der Waals surface area contributed by atoms with Crippen molar-refractivity contribution in [1.82, 2.24) is 9.97 Å². The highest BCUT2D eigenvalue weighted by molar-refractivity contribution is 7.98. The highest BCUT2D eigenvalue weighted by atomic mass is 32.2. The maximum absolute atomic E-state index is 12.7. The summed E-state index contributed by atoms with van der Waals surface area (Å²) < 4.78 is 49.4. The standard InChI is InChI=1S/C22H21F3N2O2S/c1-4-17-12-20(29-18-10-5-14(2)11-19(18)28-3)27-21(26-17)30-13-15-6-8-16(9-7-15)22(23,24)25/h5-12H,4,13H2,1-3H3. The molecule has 8 heteroatoms. The van der Waals surface area contributed by atoms with Crippen LogP contribution >= 0.6 is 11.8 Å². The van der Waals surface area contributed by atoms with Crippen LogP contribution in [-0.4, -0.2) is 17.1 Å². The van der Waals surface area contributed by atoms with Gasteiger partial charge in [0.05, 0.1) is 12.7 Å². The molecule has 158 valence electrons. The normalized spacial score (nSPS) is 11.4. The van der Waals surface area contributed by atoms with E-state index in [9.17, 15) is 13.2 Å². The van der Waals surface area contributed by atoms with E-state index in [1.165, 1.54) is 23.9 Å². The molecule has 0 aliphatic rings. The molecule has 0 aliphatic heterocycles. The highest BCUT2D eigenvalue weighted by Gasteiger charge is 2.29. The third-order valence-electron chi connectivity index (χ3n) is 4.28. The number of aryl methyl sites for hydroxylation is 2. The largest absolute Gasteiger partial charge is 0.493 e. The van der Waals surface area contributed by atoms with Crippen molar-refractivity contribution in [3.05, 3.63) is 70.9 Å². The molecular formula is C22H21F3N2O2S. The van der Waals surface area contributed by atoms with Gasteiger partial charge in [-0.2, -0.15) is 18.2 Å². The molecule has 30 heavy (non-hydrogen) atoms. The van der Waals surface area contributed by atoms with Gasteiger partial charge >= 0.3 is 6.18 Å². The van der Waals surface area contributed by atoms with Gasteiger partial charge in [0.1, 0.15) is 0 Å². The number of alkyl halides is 3. The number of rotatable bonds is 7. The van der Waals surface area contributed by atoms with Crippen LogP contribution in [0, 0.1) is 6.92 Å². The maximum Gasteiger partial charge on any atom is 0.416 e. The molecule has 4 nitrogen and oxygen atoms in total. The quantitative estimate of drug-likeness (QED) is 0.315. The number of ether oxygens (including phenoxy) is 2. The number of nitrogens with zero attached hydrogens (tertiary/aromatic N) is 2. The fourth-order valence-electron chi connectivity index (χ4n) is 2.66. The van der Waals surface area contributed by atoms with Gasteiger partial charge in [-0.25, -0.2) is 4.98 Å². The zero-order valence-corrected chi connectivity index (χ0v) is 17.6. The lowest BCUT2D eigenvalue weighted by Gasteiger charge is -2.12. The van der Waals surface area contributed by atoms with Gasteiger partial charge < -0.3 is 9.47 Å². The first-order valence-electron chi connectivity index (χ1n) is 9.28. The fraction of sp³-hybridized carbons (Fsp3) is 0.273. The molecule has 0 atom stereocenters. The Morgan fingerprint density at radius 1 is 0.967 bits per heavy atom. The highest BCUT2D eigenvalue weighted by Crippen LogP contribution is 2.33. The number of hydrogen-bond donors (Lipinski definition) is 0. The summed E-state index contributed by atoms with van der Waals surface area (Å²) >= 11 is 1.34. The molecule has 0 bridgehead atoms. The van der Waals surface area contributed by atoms with E-state index in [4.69, 9.17) is 9.47 Å². The summed E-state index contributed by atoms with van der Waals surface area (Å²) in [6, 6.07) is 12.5. The number of thioether (sulfide) groups is 1. The lowest BCUT2D eigenvalue weighted by atomic mass is 10.1. The van der Waals surface area contributed by atoms with Crippen LogP contribution in [0.1, 0.15) is 29.3 Å². The van der Waals surface area contributed by atoms with E-state index in [-0.39, 0.29) is 0 Å². The van der Waals surface area contributed by atoms with Crippen LogP contribution in [0.15, 0.2) is 53.7 Å². The second kappa shape index (κ2) is 9.38. The van der Waals surface area contributed by atoms with Crippen molar-refractivity contribution in [3.63, 3.8) is 0 Å². The van der Waals surface area contributed by atoms with Gasteiger partial charge in [0.15, 0.2) is 16.7 Å². The zero-order chi connectivity index (χ0) is 21.7. The third kappa shape index (κ3) is 5.66. The van der Waals surface area contributed by atoms with Crippen molar-refractivity contribution in [2.24, 2.45) is 0 Å². The Kier molecular flexibility index (Phi) is 6.87. The Morgan fingerprint density at radius 2 is 1.70 bits per heavy atom. The first-order valence-corrected chi connectivity index (χ1v) is 10.3. The summed E-state index contributed by atoms with van der Waals surface area (Å²) in [7, 11) is 1.57. The van der Waals surface area contributed by atoms with Crippen LogP contribution in [0.4, 0.5) is 13.2 Å². The molecule has 0 radical (unpaired) electrons. The van der Waals surface area contributed by atoms with E-state index in [0.29, 0.717) is 34.7 Å². The molecule has 0 aliphatic carbocycles. The molecule has 0 saturated heterocycles. The monoisotopic (exact) mass is 434 g/mol. The predicted octanol–water partition coefficient (Wildman–Crippen LogP) is 6.46. The molecule has 3 rings (SSSR count). The Balaban J connectivity index is 1.76. The van der Waals surface area contributed by atoms with Crippen LogP contribution in [-0.2, 0) is 18.3 Å². The van der Waals surface area contributed by atoms with Crippen LogP contribution in [0.25, 0.3) is 0 Å². The topological polar surface area (TPSA) is 44.2 Å². The molecule has 2 aromatic carbocycles. The summed E-state index contributed by atoms with van der Waals surface area (Å²) in [5.74, 6) is 1.98. The second-order valence-electron chi connectivity index (χ2n) is 6.57. The number of benzene rings is 2. The lowest BCUT2D eigenvalue weighted by molar-refractivity contribution is -0.137. The van der Waals surface area contributed by atoms with Gasteiger partial charge in [-0.3, -0.25) is 0 Å². The van der Waals surface area contributed by atoms with Gasteiger partial charge in [-0.1, -0.05) is 36.9 Å². The van der Waals surface area contributed by atoms with Gasteiger partial charge in [-0.05, 0) is 48.7 Å². The number of hydrogen-bond acceptors (Lipinski definition) is 5. The van der Waals surface area contributed by atoms with Crippen LogP contribution in [0.2, 0.25) is 0 Å². The van der Waals surface area contributed by atoms with Gasteiger partial charge in [0.2, 0.25) is 5.88 Å². The van der Waals surface area contributed by atoms with E-state index < -0.39 is 11.7 Å². The Labute approximate surface area is 177 Å². The molecule has 0 fully saturated rings. The van der Waals surface area contributed by atoms with Gasteiger partial charge in [0.25, 0.3) is 0 Å². The molecule has 0 unspecified atom stereocenters. The van der Waals surface area contributed by atoms with Crippen LogP contribution < -0.4 is 9.47 Å². The minimum Gasteiger partial charge on any atom is -0.493 e.